The molecule has 9 nitrogen and oxygen atoms in total. The van der Waals surface area contributed by atoms with Crippen molar-refractivity contribution in [3.8, 4) is 0 Å². The molecule has 14 heavy (non-hydrogen) atoms. The zero-order valence-corrected chi connectivity index (χ0v) is 8.50. The Balaban J connectivity index is 3.81. The molecular formula is C3H10O9P2. The van der Waals surface area contributed by atoms with Crippen molar-refractivity contribution in [1.29, 1.82) is 1.43 Å². The van der Waals surface area contributed by atoms with E-state index >= 15 is 0 Å². The lowest BCUT2D eigenvalue weighted by Gasteiger charge is -2.12. The van der Waals surface area contributed by atoms with Gasteiger partial charge in [0.1, 0.15) is 6.10 Å². The number of hydrogen-bond donors (Lipinski definition) is 5. The van der Waals surface area contributed by atoms with Crippen molar-refractivity contribution < 1.29 is 42.9 Å². The molecule has 0 fully saturated rings. The van der Waals surface area contributed by atoms with E-state index in [4.69, 9.17) is 21.2 Å². The molecule has 0 rings (SSSR count). The maximum absolute atomic E-state index is 10.5. The van der Waals surface area contributed by atoms with E-state index in [1.54, 1.807) is 0 Å². The number of aliphatic hydroxyl groups is 1. The molecule has 0 bridgehead atoms. The van der Waals surface area contributed by atoms with Crippen LogP contribution in [0.4, 0.5) is 0 Å². The maximum atomic E-state index is 10.5. The molecule has 0 aromatic rings. The number of phosphoric ester groups is 2. The molecule has 2 atom stereocenters. The van der Waals surface area contributed by atoms with Crippen LogP contribution in [0.2, 0.25) is 0 Å². The van der Waals surface area contributed by atoms with Crippen LogP contribution in [-0.2, 0) is 18.2 Å². The third-order valence-electron chi connectivity index (χ3n) is 0.865. The maximum Gasteiger partial charge on any atom is 0.469 e. The van der Waals surface area contributed by atoms with Crippen LogP contribution < -0.4 is 0 Å². The molecule has 0 aromatic heterocycles. The molecule has 11 heteroatoms. The van der Waals surface area contributed by atoms with Crippen molar-refractivity contribution in [1.82, 2.24) is 0 Å². The lowest BCUT2D eigenvalue weighted by molar-refractivity contribution is 0.0394. The van der Waals surface area contributed by atoms with Gasteiger partial charge in [0.15, 0.2) is 0 Å². The van der Waals surface area contributed by atoms with Crippen molar-refractivity contribution in [2.24, 2.45) is 0 Å². The van der Waals surface area contributed by atoms with Crippen LogP contribution in [0.5, 0.6) is 0 Å². The number of rotatable bonds is 7. The van der Waals surface area contributed by atoms with Crippen LogP contribution in [0.1, 0.15) is 0 Å². The van der Waals surface area contributed by atoms with Gasteiger partial charge in [0.2, 0.25) is 1.43 Å². The molecule has 0 spiro atoms. The first kappa shape index (κ1) is 12.3. The molecule has 0 aliphatic rings. The lowest BCUT2D eigenvalue weighted by Crippen LogP contribution is -2.20. The molecule has 86 valence electrons. The van der Waals surface area contributed by atoms with Crippen LogP contribution >= 0.6 is 15.6 Å². The summed E-state index contributed by atoms with van der Waals surface area (Å²) in [6.07, 6.45) is -1.53. The molecule has 0 aromatic carbocycles. The van der Waals surface area contributed by atoms with Gasteiger partial charge in [-0.25, -0.2) is 9.13 Å². The normalized spacial score (nSPS) is 19.9. The van der Waals surface area contributed by atoms with Crippen LogP contribution in [-0.4, -0.2) is 45.4 Å². The molecule has 0 amide bonds. The molecule has 0 heterocycles. The van der Waals surface area contributed by atoms with Gasteiger partial charge in [0.25, 0.3) is 0 Å². The second-order valence-electron chi connectivity index (χ2n) is 2.20. The number of phosphoric acid groups is 2. The summed E-state index contributed by atoms with van der Waals surface area (Å²) >= 11 is 0. The van der Waals surface area contributed by atoms with Gasteiger partial charge in [-0.05, 0) is 0 Å². The zero-order chi connectivity index (χ0) is 12.1. The van der Waals surface area contributed by atoms with Gasteiger partial charge in [0, 0.05) is 0 Å². The average molecular weight is 253 g/mol. The van der Waals surface area contributed by atoms with Gasteiger partial charge in [-0.3, -0.25) is 9.05 Å². The molecule has 5 N–H and O–H groups in total. The predicted molar refractivity (Wildman–Crippen MR) is 42.0 cm³/mol. The Labute approximate surface area is 80.3 Å². The predicted octanol–water partition coefficient (Wildman–Crippen LogP) is -1.43. The minimum absolute atomic E-state index is 0.771. The van der Waals surface area contributed by atoms with E-state index in [1.165, 1.54) is 0 Å². The van der Waals surface area contributed by atoms with E-state index in [9.17, 15) is 9.13 Å². The first-order valence-corrected chi connectivity index (χ1v) is 6.19. The van der Waals surface area contributed by atoms with Gasteiger partial charge in [-0.15, -0.1) is 0 Å². The largest absolute Gasteiger partial charge is 0.469 e. The Morgan fingerprint density at radius 3 is 1.93 bits per heavy atom. The van der Waals surface area contributed by atoms with Crippen LogP contribution in [0.25, 0.3) is 0 Å². The van der Waals surface area contributed by atoms with E-state index in [-0.39, 0.29) is 0 Å². The van der Waals surface area contributed by atoms with Gasteiger partial charge >= 0.3 is 15.6 Å². The van der Waals surface area contributed by atoms with Gasteiger partial charge in [-0.2, -0.15) is 0 Å². The monoisotopic (exact) mass is 253 g/mol. The quantitative estimate of drug-likeness (QED) is 0.343. The number of aliphatic hydroxyl groups excluding tert-OH is 1. The molecule has 0 aliphatic heterocycles. The van der Waals surface area contributed by atoms with Crippen molar-refractivity contribution >= 4 is 15.6 Å². The fraction of sp³-hybridized carbons (Fsp3) is 1.00. The van der Waals surface area contributed by atoms with E-state index < -0.39 is 35.0 Å². The first-order chi connectivity index (χ1) is 6.66. The summed E-state index contributed by atoms with van der Waals surface area (Å²) in [6, 6.07) is 0. The first-order valence-electron chi connectivity index (χ1n) is 3.57. The van der Waals surface area contributed by atoms with E-state index in [1.807, 2.05) is 0 Å². The minimum Gasteiger partial charge on any atom is -0.388 e. The van der Waals surface area contributed by atoms with Gasteiger partial charge in [0.05, 0.1) is 13.2 Å². The molecule has 2 unspecified atom stereocenters. The Hall–Kier alpha value is 0.180. The smallest absolute Gasteiger partial charge is 0.388 e. The Bertz CT molecular complexity index is 275. The van der Waals surface area contributed by atoms with E-state index in [0.717, 1.165) is 0 Å². The van der Waals surface area contributed by atoms with E-state index in [2.05, 4.69) is 13.9 Å². The average Bonchev–Trinajstić information content (AvgIpc) is 2.10. The highest BCUT2D eigenvalue weighted by atomic mass is 31.2. The fourth-order valence-corrected chi connectivity index (χ4v) is 1.14. The molecule has 0 saturated carbocycles. The van der Waals surface area contributed by atoms with Crippen LogP contribution in [0, 0.1) is 0 Å². The third-order valence-corrected chi connectivity index (χ3v) is 1.83. The highest BCUT2D eigenvalue weighted by molar-refractivity contribution is 7.46. The highest BCUT2D eigenvalue weighted by Crippen LogP contribution is 2.37. The Morgan fingerprint density at radius 2 is 1.57 bits per heavy atom. The summed E-state index contributed by atoms with van der Waals surface area (Å²) in [5, 5.41) is 8.93. The summed E-state index contributed by atoms with van der Waals surface area (Å²) in [5.41, 5.74) is 0. The minimum atomic E-state index is -4.71. The van der Waals surface area contributed by atoms with Crippen molar-refractivity contribution in [2.75, 3.05) is 13.2 Å². The summed E-state index contributed by atoms with van der Waals surface area (Å²) in [4.78, 5) is 28.2. The molecule has 0 saturated heterocycles. The second-order valence-corrected chi connectivity index (χ2v) is 4.64. The summed E-state index contributed by atoms with van der Waals surface area (Å²) in [6.45, 7) is -1.56. The van der Waals surface area contributed by atoms with Gasteiger partial charge < -0.3 is 24.7 Å². The van der Waals surface area contributed by atoms with Crippen LogP contribution in [0.3, 0.4) is 0 Å². The fourth-order valence-electron chi connectivity index (χ4n) is 0.411. The molecule has 0 radical (unpaired) electrons. The second kappa shape index (κ2) is 5.32. The standard InChI is InChI=1S/C3H10O9P2/c4-3(1-11-13(5,6)7)2-12-14(8,9)10/h3-4H,1-2H2,(H2,5,6,7)(H2,8,9,10)/i/hD. The van der Waals surface area contributed by atoms with E-state index in [0.29, 0.717) is 0 Å². The number of hydrogen-bond acceptors (Lipinski definition) is 6. The van der Waals surface area contributed by atoms with Crippen molar-refractivity contribution in [3.63, 3.8) is 0 Å². The van der Waals surface area contributed by atoms with Gasteiger partial charge in [-0.1, -0.05) is 0 Å². The van der Waals surface area contributed by atoms with Crippen molar-refractivity contribution in [3.05, 3.63) is 0 Å². The Kier molecular flexibility index (Phi) is 4.65. The summed E-state index contributed by atoms with van der Waals surface area (Å²) in [7, 11) is -9.24. The third kappa shape index (κ3) is 10.3. The van der Waals surface area contributed by atoms with Crippen LogP contribution in [0.15, 0.2) is 0 Å². The SMILES string of the molecule is [2H]OP(=O)(O)OCC(O)COP(=O)(O)O. The molecular weight excluding hydrogens is 242 g/mol. The zero-order valence-electron chi connectivity index (χ0n) is 7.72. The van der Waals surface area contributed by atoms with Crippen molar-refractivity contribution in [2.45, 2.75) is 6.10 Å². The highest BCUT2D eigenvalue weighted by Gasteiger charge is 2.20. The topological polar surface area (TPSA) is 154 Å². The summed E-state index contributed by atoms with van der Waals surface area (Å²) in [5.74, 6) is 0. The summed E-state index contributed by atoms with van der Waals surface area (Å²) < 4.78 is 34.6. The lowest BCUT2D eigenvalue weighted by atomic mass is 10.4. The Morgan fingerprint density at radius 1 is 1.14 bits per heavy atom. The molecule has 0 aliphatic carbocycles.